The van der Waals surface area contributed by atoms with Crippen LogP contribution in [0.3, 0.4) is 0 Å². The van der Waals surface area contributed by atoms with Crippen LogP contribution in [0.4, 0.5) is 4.39 Å². The molecule has 0 aliphatic carbocycles. The number of ketones is 1. The lowest BCUT2D eigenvalue weighted by molar-refractivity contribution is 0.0585. The third-order valence-electron chi connectivity index (χ3n) is 2.91. The Morgan fingerprint density at radius 1 is 1.11 bits per heavy atom. The minimum absolute atomic E-state index is 0.131. The van der Waals surface area contributed by atoms with E-state index in [1.54, 1.807) is 24.3 Å². The third kappa shape index (κ3) is 2.29. The van der Waals surface area contributed by atoms with E-state index in [0.29, 0.717) is 11.5 Å². The van der Waals surface area contributed by atoms with Gasteiger partial charge in [-0.15, -0.1) is 0 Å². The molecule has 1 heterocycles. The third-order valence-corrected chi connectivity index (χ3v) is 2.91. The lowest BCUT2D eigenvalue weighted by Crippen LogP contribution is -2.36. The fraction of sp³-hybridized carbons (Fsp3) is 0.133. The molecule has 0 saturated carbocycles. The van der Waals surface area contributed by atoms with Crippen LogP contribution in [-0.4, -0.2) is 18.5 Å². The molecule has 0 fully saturated rings. The average molecular weight is 258 g/mol. The standard InChI is InChI=1S/C15H11FO3/c16-11-5-3-4-10(8-11)15(17)14-9-18-12-6-1-2-7-13(12)19-14/h1-8,14H,9H2. The number of rotatable bonds is 2. The molecule has 1 atom stereocenters. The number of Topliss-reactive ketones (excluding diaryl/α,β-unsaturated/α-hetero) is 1. The fourth-order valence-corrected chi connectivity index (χ4v) is 1.98. The van der Waals surface area contributed by atoms with Crippen LogP contribution in [0.5, 0.6) is 11.5 Å². The zero-order valence-electron chi connectivity index (χ0n) is 10.0. The molecule has 19 heavy (non-hydrogen) atoms. The van der Waals surface area contributed by atoms with Gasteiger partial charge < -0.3 is 9.47 Å². The quantitative estimate of drug-likeness (QED) is 0.777. The van der Waals surface area contributed by atoms with Crippen molar-refractivity contribution in [1.29, 1.82) is 0 Å². The summed E-state index contributed by atoms with van der Waals surface area (Å²) in [4.78, 5) is 12.2. The summed E-state index contributed by atoms with van der Waals surface area (Å²) in [7, 11) is 0. The van der Waals surface area contributed by atoms with E-state index < -0.39 is 11.9 Å². The van der Waals surface area contributed by atoms with Gasteiger partial charge in [0.15, 0.2) is 17.6 Å². The van der Waals surface area contributed by atoms with Gasteiger partial charge in [-0.3, -0.25) is 4.79 Å². The molecule has 1 unspecified atom stereocenters. The second kappa shape index (κ2) is 4.72. The highest BCUT2D eigenvalue weighted by atomic mass is 19.1. The van der Waals surface area contributed by atoms with Gasteiger partial charge in [0.2, 0.25) is 5.78 Å². The van der Waals surface area contributed by atoms with Gasteiger partial charge in [0.05, 0.1) is 0 Å². The maximum atomic E-state index is 13.1. The van der Waals surface area contributed by atoms with Crippen molar-refractivity contribution in [2.24, 2.45) is 0 Å². The number of carbonyl (C=O) groups excluding carboxylic acids is 1. The lowest BCUT2D eigenvalue weighted by Gasteiger charge is -2.25. The van der Waals surface area contributed by atoms with E-state index in [-0.39, 0.29) is 18.0 Å². The van der Waals surface area contributed by atoms with Crippen molar-refractivity contribution in [3.8, 4) is 11.5 Å². The molecular formula is C15H11FO3. The highest BCUT2D eigenvalue weighted by Crippen LogP contribution is 2.31. The van der Waals surface area contributed by atoms with Crippen molar-refractivity contribution < 1.29 is 18.7 Å². The van der Waals surface area contributed by atoms with Gasteiger partial charge in [0.1, 0.15) is 12.4 Å². The summed E-state index contributed by atoms with van der Waals surface area (Å²) in [6, 6.07) is 12.7. The molecule has 3 rings (SSSR count). The lowest BCUT2D eigenvalue weighted by atomic mass is 10.1. The SMILES string of the molecule is O=C(c1cccc(F)c1)C1COc2ccccc2O1. The van der Waals surface area contributed by atoms with E-state index >= 15 is 0 Å². The summed E-state index contributed by atoms with van der Waals surface area (Å²) in [5.41, 5.74) is 0.285. The van der Waals surface area contributed by atoms with E-state index in [1.165, 1.54) is 18.2 Å². The number of benzene rings is 2. The zero-order valence-corrected chi connectivity index (χ0v) is 10.0. The second-order valence-electron chi connectivity index (χ2n) is 4.24. The maximum absolute atomic E-state index is 13.1. The Hall–Kier alpha value is -2.36. The average Bonchev–Trinajstić information content (AvgIpc) is 2.46. The van der Waals surface area contributed by atoms with Gasteiger partial charge in [0.25, 0.3) is 0 Å². The first-order valence-electron chi connectivity index (χ1n) is 5.92. The molecule has 4 heteroatoms. The Morgan fingerprint density at radius 2 is 1.89 bits per heavy atom. The van der Waals surface area contributed by atoms with Crippen molar-refractivity contribution in [1.82, 2.24) is 0 Å². The van der Waals surface area contributed by atoms with Crippen LogP contribution >= 0.6 is 0 Å². The number of ether oxygens (including phenoxy) is 2. The Morgan fingerprint density at radius 3 is 2.68 bits per heavy atom. The molecule has 0 saturated heterocycles. The molecule has 96 valence electrons. The van der Waals surface area contributed by atoms with E-state index in [4.69, 9.17) is 9.47 Å². The second-order valence-corrected chi connectivity index (χ2v) is 4.24. The number of carbonyl (C=O) groups is 1. The minimum Gasteiger partial charge on any atom is -0.485 e. The fourth-order valence-electron chi connectivity index (χ4n) is 1.98. The van der Waals surface area contributed by atoms with Gasteiger partial charge >= 0.3 is 0 Å². The molecule has 3 nitrogen and oxygen atoms in total. The van der Waals surface area contributed by atoms with Crippen molar-refractivity contribution in [2.45, 2.75) is 6.10 Å². The number of halogens is 1. The number of hydrogen-bond acceptors (Lipinski definition) is 3. The van der Waals surface area contributed by atoms with Crippen LogP contribution < -0.4 is 9.47 Å². The molecule has 2 aromatic rings. The molecule has 1 aliphatic heterocycles. The monoisotopic (exact) mass is 258 g/mol. The van der Waals surface area contributed by atoms with Gasteiger partial charge in [0, 0.05) is 5.56 Å². The van der Waals surface area contributed by atoms with E-state index in [9.17, 15) is 9.18 Å². The van der Waals surface area contributed by atoms with Gasteiger partial charge in [-0.05, 0) is 24.3 Å². The van der Waals surface area contributed by atoms with E-state index in [0.717, 1.165) is 0 Å². The largest absolute Gasteiger partial charge is 0.485 e. The number of para-hydroxylation sites is 2. The first-order chi connectivity index (χ1) is 9.24. The molecule has 0 spiro atoms. The summed E-state index contributed by atoms with van der Waals surface area (Å²) in [6.07, 6.45) is -0.739. The molecule has 0 aromatic heterocycles. The highest BCUT2D eigenvalue weighted by molar-refractivity contribution is 6.00. The van der Waals surface area contributed by atoms with Crippen LogP contribution in [0.25, 0.3) is 0 Å². The predicted molar refractivity (Wildman–Crippen MR) is 67.1 cm³/mol. The predicted octanol–water partition coefficient (Wildman–Crippen LogP) is 2.85. The van der Waals surface area contributed by atoms with Crippen LogP contribution in [0.1, 0.15) is 10.4 Å². The molecule has 2 aromatic carbocycles. The first-order valence-corrected chi connectivity index (χ1v) is 5.92. The summed E-state index contributed by atoms with van der Waals surface area (Å²) in [6.45, 7) is 0.131. The van der Waals surface area contributed by atoms with Crippen molar-refractivity contribution in [3.05, 3.63) is 59.9 Å². The molecule has 0 bridgehead atoms. The Kier molecular flexibility index (Phi) is 2.91. The Labute approximate surface area is 109 Å². The van der Waals surface area contributed by atoms with Gasteiger partial charge in [-0.25, -0.2) is 4.39 Å². The Bertz CT molecular complexity index is 624. The number of fused-ring (bicyclic) bond motifs is 1. The summed E-state index contributed by atoms with van der Waals surface area (Å²) in [5.74, 6) is 0.422. The number of hydrogen-bond donors (Lipinski definition) is 0. The summed E-state index contributed by atoms with van der Waals surface area (Å²) < 4.78 is 24.2. The molecule has 0 radical (unpaired) electrons. The zero-order chi connectivity index (χ0) is 13.2. The normalized spacial score (nSPS) is 17.0. The molecule has 1 aliphatic rings. The smallest absolute Gasteiger partial charge is 0.206 e. The molecule has 0 amide bonds. The topological polar surface area (TPSA) is 35.5 Å². The Balaban J connectivity index is 1.83. The molecular weight excluding hydrogens is 247 g/mol. The highest BCUT2D eigenvalue weighted by Gasteiger charge is 2.28. The minimum atomic E-state index is -0.739. The van der Waals surface area contributed by atoms with Crippen molar-refractivity contribution >= 4 is 5.78 Å². The van der Waals surface area contributed by atoms with E-state index in [2.05, 4.69) is 0 Å². The maximum Gasteiger partial charge on any atom is 0.206 e. The van der Waals surface area contributed by atoms with Gasteiger partial charge in [-0.1, -0.05) is 24.3 Å². The summed E-state index contributed by atoms with van der Waals surface area (Å²) in [5, 5.41) is 0. The first kappa shape index (κ1) is 11.7. The van der Waals surface area contributed by atoms with Crippen LogP contribution in [0.15, 0.2) is 48.5 Å². The summed E-state index contributed by atoms with van der Waals surface area (Å²) >= 11 is 0. The van der Waals surface area contributed by atoms with Crippen LogP contribution in [-0.2, 0) is 0 Å². The van der Waals surface area contributed by atoms with E-state index in [1.807, 2.05) is 6.07 Å². The van der Waals surface area contributed by atoms with Crippen molar-refractivity contribution in [3.63, 3.8) is 0 Å². The van der Waals surface area contributed by atoms with Crippen LogP contribution in [0.2, 0.25) is 0 Å². The molecule has 0 N–H and O–H groups in total. The van der Waals surface area contributed by atoms with Crippen LogP contribution in [0, 0.1) is 5.82 Å². The van der Waals surface area contributed by atoms with Crippen molar-refractivity contribution in [2.75, 3.05) is 6.61 Å². The van der Waals surface area contributed by atoms with Gasteiger partial charge in [-0.2, -0.15) is 0 Å².